The van der Waals surface area contributed by atoms with Crippen LogP contribution in [0.25, 0.3) is 32.7 Å². The van der Waals surface area contributed by atoms with Crippen molar-refractivity contribution >= 4 is 85.5 Å². The van der Waals surface area contributed by atoms with E-state index in [2.05, 4.69) is 231 Å². The van der Waals surface area contributed by atoms with Gasteiger partial charge in [0.1, 0.15) is 0 Å². The minimum atomic E-state index is -0.338. The fourth-order valence-corrected chi connectivity index (χ4v) is 9.41. The molecule has 0 spiro atoms. The smallest absolute Gasteiger partial charge is 0.0917 e. The average molecular weight is 948 g/mol. The number of pyridine rings is 1. The summed E-state index contributed by atoms with van der Waals surface area (Å²) in [5.41, 5.74) is 12.2. The first-order valence-corrected chi connectivity index (χ1v) is 24.6. The van der Waals surface area contributed by atoms with Gasteiger partial charge in [0.15, 0.2) is 0 Å². The Labute approximate surface area is 426 Å². The third kappa shape index (κ3) is 10.3. The maximum absolute atomic E-state index is 5.40. The molecule has 1 atom stereocenters. The maximum atomic E-state index is 5.40. The number of para-hydroxylation sites is 7. The molecular formula is C64H53N9. The summed E-state index contributed by atoms with van der Waals surface area (Å²) in [4.78, 5) is 6.91. The molecule has 73 heavy (non-hydrogen) atoms. The fraction of sp³-hybridized carbons (Fsp3) is 0.0625. The molecule has 354 valence electrons. The first-order valence-electron chi connectivity index (χ1n) is 24.6. The zero-order valence-corrected chi connectivity index (χ0v) is 40.5. The predicted molar refractivity (Wildman–Crippen MR) is 306 cm³/mol. The Morgan fingerprint density at radius 2 is 0.877 bits per heavy atom. The molecule has 9 aromatic carbocycles. The van der Waals surface area contributed by atoms with E-state index in [0.29, 0.717) is 13.1 Å². The monoisotopic (exact) mass is 947 g/mol. The quantitative estimate of drug-likeness (QED) is 0.0672. The van der Waals surface area contributed by atoms with E-state index in [1.807, 2.05) is 79.4 Å². The van der Waals surface area contributed by atoms with Gasteiger partial charge in [0.05, 0.1) is 60.4 Å². The summed E-state index contributed by atoms with van der Waals surface area (Å²) in [6.45, 7) is 0.862. The van der Waals surface area contributed by atoms with E-state index in [0.717, 1.165) is 61.7 Å². The Morgan fingerprint density at radius 3 is 1.48 bits per heavy atom. The fourth-order valence-electron chi connectivity index (χ4n) is 9.41. The molecule has 0 saturated carbocycles. The van der Waals surface area contributed by atoms with E-state index in [1.165, 1.54) is 21.8 Å². The number of nitrogens with zero attached hydrogens (tertiary/aromatic N) is 9. The molecule has 2 heterocycles. The standard InChI is InChI=1S/C64H53N9/c1-69-63-34-20-18-32-60(63)61-43-50(37-40-64(61)69)45-67-71(53-23-9-3-10-24-53)48-58(73(57-29-15-6-16-30-57)68-46-51-41-42-65-62-33-19-17-31-59(51)62)47-70(52-21-7-2-8-22-52)66-44-49-35-38-56(39-36-49)72(54-25-11-4-12-26-54)55-27-13-5-14-28-55/h2-46,58H,47-48H2,1H3/b66-44+,67-45+,68-46+. The summed E-state index contributed by atoms with van der Waals surface area (Å²) in [5.74, 6) is 0. The van der Waals surface area contributed by atoms with Gasteiger partial charge in [-0.2, -0.15) is 15.3 Å². The van der Waals surface area contributed by atoms with Crippen molar-refractivity contribution in [3.05, 3.63) is 272 Å². The molecule has 0 saturated heterocycles. The van der Waals surface area contributed by atoms with Crippen LogP contribution in [0.1, 0.15) is 16.7 Å². The zero-order valence-electron chi connectivity index (χ0n) is 40.5. The van der Waals surface area contributed by atoms with Crippen LogP contribution in [-0.4, -0.2) is 47.3 Å². The van der Waals surface area contributed by atoms with Gasteiger partial charge in [0.2, 0.25) is 0 Å². The molecule has 9 heteroatoms. The molecule has 0 fully saturated rings. The molecule has 9 nitrogen and oxygen atoms in total. The highest BCUT2D eigenvalue weighted by Crippen LogP contribution is 2.35. The van der Waals surface area contributed by atoms with Gasteiger partial charge in [-0.25, -0.2) is 0 Å². The highest BCUT2D eigenvalue weighted by molar-refractivity contribution is 6.09. The molecular weight excluding hydrogens is 895 g/mol. The van der Waals surface area contributed by atoms with Crippen LogP contribution in [0.3, 0.4) is 0 Å². The molecule has 0 radical (unpaired) electrons. The van der Waals surface area contributed by atoms with Crippen molar-refractivity contribution in [3.63, 3.8) is 0 Å². The SMILES string of the molecule is Cn1c2ccccc2c2cc(/C=N/N(CC(CN(/N=C/c3ccc(N(c4ccccc4)c4ccccc4)cc3)c3ccccc3)N(/N=C/c3ccnc4ccccc34)c3ccccc3)c3ccccc3)ccc21. The maximum Gasteiger partial charge on any atom is 0.0917 e. The van der Waals surface area contributed by atoms with Crippen molar-refractivity contribution in [2.24, 2.45) is 22.4 Å². The topological polar surface area (TPSA) is 67.9 Å². The van der Waals surface area contributed by atoms with Crippen molar-refractivity contribution in [2.75, 3.05) is 33.0 Å². The van der Waals surface area contributed by atoms with Crippen LogP contribution in [0.2, 0.25) is 0 Å². The normalized spacial score (nSPS) is 12.1. The van der Waals surface area contributed by atoms with Crippen LogP contribution < -0.4 is 19.9 Å². The number of hydrogen-bond donors (Lipinski definition) is 0. The van der Waals surface area contributed by atoms with Crippen molar-refractivity contribution in [3.8, 4) is 0 Å². The van der Waals surface area contributed by atoms with E-state index in [-0.39, 0.29) is 6.04 Å². The predicted octanol–water partition coefficient (Wildman–Crippen LogP) is 14.6. The minimum absolute atomic E-state index is 0.338. The summed E-state index contributed by atoms with van der Waals surface area (Å²) >= 11 is 0. The summed E-state index contributed by atoms with van der Waals surface area (Å²) in [5, 5.41) is 25.7. The summed E-state index contributed by atoms with van der Waals surface area (Å²) in [6, 6.07) is 85.5. The van der Waals surface area contributed by atoms with Gasteiger partial charge in [-0.15, -0.1) is 0 Å². The summed E-state index contributed by atoms with van der Waals surface area (Å²) in [7, 11) is 2.12. The van der Waals surface area contributed by atoms with E-state index in [1.54, 1.807) is 0 Å². The minimum Gasteiger partial charge on any atom is -0.344 e. The lowest BCUT2D eigenvalue weighted by molar-refractivity contribution is 0.576. The first kappa shape index (κ1) is 45.8. The molecule has 1 unspecified atom stereocenters. The lowest BCUT2D eigenvalue weighted by atomic mass is 10.1. The van der Waals surface area contributed by atoms with Gasteiger partial charge < -0.3 is 9.47 Å². The third-order valence-corrected chi connectivity index (χ3v) is 13.1. The van der Waals surface area contributed by atoms with Crippen molar-refractivity contribution < 1.29 is 0 Å². The van der Waals surface area contributed by atoms with Crippen molar-refractivity contribution in [1.82, 2.24) is 9.55 Å². The van der Waals surface area contributed by atoms with Gasteiger partial charge >= 0.3 is 0 Å². The molecule has 0 bridgehead atoms. The third-order valence-electron chi connectivity index (χ3n) is 13.1. The zero-order chi connectivity index (χ0) is 49.2. The molecule has 11 rings (SSSR count). The first-order chi connectivity index (χ1) is 36.1. The average Bonchev–Trinajstić information content (AvgIpc) is 3.74. The van der Waals surface area contributed by atoms with Crippen LogP contribution in [-0.2, 0) is 7.05 Å². The van der Waals surface area contributed by atoms with E-state index >= 15 is 0 Å². The van der Waals surface area contributed by atoms with Gasteiger partial charge in [-0.05, 0) is 114 Å². The molecule has 0 aliphatic heterocycles. The molecule has 0 amide bonds. The van der Waals surface area contributed by atoms with E-state index in [4.69, 9.17) is 15.3 Å². The van der Waals surface area contributed by atoms with Gasteiger partial charge in [0.25, 0.3) is 0 Å². The molecule has 2 aromatic heterocycles. The number of fused-ring (bicyclic) bond motifs is 4. The van der Waals surface area contributed by atoms with Gasteiger partial charge in [0, 0.05) is 63.1 Å². The second-order valence-corrected chi connectivity index (χ2v) is 17.8. The Balaban J connectivity index is 0.993. The van der Waals surface area contributed by atoms with E-state index in [9.17, 15) is 0 Å². The number of hydrogen-bond acceptors (Lipinski definition) is 8. The Morgan fingerprint density at radius 1 is 0.411 bits per heavy atom. The number of aromatic nitrogens is 2. The van der Waals surface area contributed by atoms with Gasteiger partial charge in [-0.1, -0.05) is 146 Å². The Bertz CT molecular complexity index is 3610. The Hall–Kier alpha value is -9.60. The highest BCUT2D eigenvalue weighted by Gasteiger charge is 2.26. The number of benzene rings is 9. The number of rotatable bonds is 17. The van der Waals surface area contributed by atoms with Crippen LogP contribution in [0, 0.1) is 0 Å². The number of anilines is 6. The lowest BCUT2D eigenvalue weighted by Gasteiger charge is -2.35. The largest absolute Gasteiger partial charge is 0.344 e. The van der Waals surface area contributed by atoms with Crippen LogP contribution in [0.4, 0.5) is 34.1 Å². The molecule has 0 N–H and O–H groups in total. The summed E-state index contributed by atoms with van der Waals surface area (Å²) < 4.78 is 2.25. The molecule has 11 aromatic rings. The number of aryl methyl sites for hydroxylation is 1. The summed E-state index contributed by atoms with van der Waals surface area (Å²) in [6.07, 6.45) is 7.71. The highest BCUT2D eigenvalue weighted by atomic mass is 15.5. The van der Waals surface area contributed by atoms with Crippen LogP contribution in [0.15, 0.2) is 270 Å². The lowest BCUT2D eigenvalue weighted by Crippen LogP contribution is -2.47. The van der Waals surface area contributed by atoms with Crippen LogP contribution in [0.5, 0.6) is 0 Å². The van der Waals surface area contributed by atoms with Crippen molar-refractivity contribution in [1.29, 1.82) is 0 Å². The second kappa shape index (κ2) is 21.6. The Kier molecular flexibility index (Phi) is 13.5. The molecule has 0 aliphatic rings. The van der Waals surface area contributed by atoms with Crippen LogP contribution >= 0.6 is 0 Å². The van der Waals surface area contributed by atoms with Gasteiger partial charge in [-0.3, -0.25) is 20.0 Å². The van der Waals surface area contributed by atoms with E-state index < -0.39 is 0 Å². The second-order valence-electron chi connectivity index (χ2n) is 17.8. The molecule has 0 aliphatic carbocycles. The van der Waals surface area contributed by atoms with Crippen molar-refractivity contribution in [2.45, 2.75) is 6.04 Å². The number of hydrazone groups is 3.